The molecule has 17 heavy (non-hydrogen) atoms. The molecule has 1 fully saturated rings. The summed E-state index contributed by atoms with van der Waals surface area (Å²) in [5.74, 6) is 0.384. The van der Waals surface area contributed by atoms with Crippen molar-refractivity contribution in [2.45, 2.75) is 19.4 Å². The fourth-order valence-corrected chi connectivity index (χ4v) is 2.56. The Kier molecular flexibility index (Phi) is 2.81. The molecule has 90 valence electrons. The topological polar surface area (TPSA) is 29.9 Å². The number of aromatic nitrogens is 2. The van der Waals surface area contributed by atoms with Crippen LogP contribution in [0.4, 0.5) is 4.39 Å². The Bertz CT molecular complexity index is 514. The van der Waals surface area contributed by atoms with Gasteiger partial charge in [-0.05, 0) is 37.9 Å². The van der Waals surface area contributed by atoms with Crippen molar-refractivity contribution in [3.8, 4) is 0 Å². The molecule has 0 amide bonds. The number of para-hydroxylation sites is 1. The van der Waals surface area contributed by atoms with Crippen LogP contribution in [0.2, 0.25) is 0 Å². The van der Waals surface area contributed by atoms with Crippen LogP contribution in [0.15, 0.2) is 24.4 Å². The highest BCUT2D eigenvalue weighted by Gasteiger charge is 2.16. The Labute approximate surface area is 99.6 Å². The quantitative estimate of drug-likeness (QED) is 0.861. The van der Waals surface area contributed by atoms with Gasteiger partial charge < -0.3 is 5.32 Å². The molecule has 0 spiro atoms. The lowest BCUT2D eigenvalue weighted by Gasteiger charge is -2.22. The number of nitrogens with zero attached hydrogens (tertiary/aromatic N) is 2. The molecule has 3 rings (SSSR count). The van der Waals surface area contributed by atoms with Crippen molar-refractivity contribution in [2.75, 3.05) is 13.1 Å². The molecular weight excluding hydrogens is 217 g/mol. The molecule has 3 nitrogen and oxygen atoms in total. The first kappa shape index (κ1) is 10.7. The Morgan fingerprint density at radius 3 is 3.24 bits per heavy atom. The van der Waals surface area contributed by atoms with E-state index in [1.165, 1.54) is 18.9 Å². The van der Waals surface area contributed by atoms with Gasteiger partial charge in [-0.3, -0.25) is 4.68 Å². The molecule has 1 aliphatic rings. The van der Waals surface area contributed by atoms with E-state index >= 15 is 0 Å². The number of fused-ring (bicyclic) bond motifs is 1. The minimum Gasteiger partial charge on any atom is -0.316 e. The first-order chi connectivity index (χ1) is 8.34. The number of nitrogens with one attached hydrogen (secondary N) is 1. The number of halogens is 1. The lowest BCUT2D eigenvalue weighted by molar-refractivity contribution is 0.328. The lowest BCUT2D eigenvalue weighted by Crippen LogP contribution is -2.32. The third-order valence-corrected chi connectivity index (χ3v) is 3.44. The summed E-state index contributed by atoms with van der Waals surface area (Å²) in [5, 5.41) is 8.56. The standard InChI is InChI=1S/C13H16FN3/c14-12-5-1-4-11-8-16-17(13(11)12)9-10-3-2-6-15-7-10/h1,4-5,8,10,15H,2-3,6-7,9H2. The van der Waals surface area contributed by atoms with E-state index in [1.54, 1.807) is 12.3 Å². The van der Waals surface area contributed by atoms with Gasteiger partial charge in [0.25, 0.3) is 0 Å². The predicted octanol–water partition coefficient (Wildman–Crippen LogP) is 2.17. The first-order valence-electron chi connectivity index (χ1n) is 6.15. The monoisotopic (exact) mass is 233 g/mol. The molecule has 1 aromatic heterocycles. The molecule has 2 aromatic rings. The Hall–Kier alpha value is -1.42. The van der Waals surface area contributed by atoms with Crippen LogP contribution in [0, 0.1) is 11.7 Å². The fraction of sp³-hybridized carbons (Fsp3) is 0.462. The highest BCUT2D eigenvalue weighted by Crippen LogP contribution is 2.20. The lowest BCUT2D eigenvalue weighted by atomic mass is 10.00. The molecule has 2 heterocycles. The van der Waals surface area contributed by atoms with Gasteiger partial charge >= 0.3 is 0 Å². The predicted molar refractivity (Wildman–Crippen MR) is 65.3 cm³/mol. The zero-order valence-electron chi connectivity index (χ0n) is 9.69. The van der Waals surface area contributed by atoms with Gasteiger partial charge in [0.15, 0.2) is 0 Å². The van der Waals surface area contributed by atoms with E-state index < -0.39 is 0 Å². The molecule has 1 N–H and O–H groups in total. The molecule has 1 aliphatic heterocycles. The molecule has 0 aliphatic carbocycles. The van der Waals surface area contributed by atoms with Gasteiger partial charge in [0.05, 0.1) is 6.20 Å². The number of hydrogen-bond acceptors (Lipinski definition) is 2. The Balaban J connectivity index is 1.89. The third kappa shape index (κ3) is 2.05. The average molecular weight is 233 g/mol. The Morgan fingerprint density at radius 2 is 2.41 bits per heavy atom. The summed E-state index contributed by atoms with van der Waals surface area (Å²) >= 11 is 0. The van der Waals surface area contributed by atoms with E-state index in [1.807, 2.05) is 10.7 Å². The van der Waals surface area contributed by atoms with Crippen LogP contribution in [-0.4, -0.2) is 22.9 Å². The molecule has 0 saturated carbocycles. The first-order valence-corrected chi connectivity index (χ1v) is 6.15. The van der Waals surface area contributed by atoms with E-state index in [4.69, 9.17) is 0 Å². The van der Waals surface area contributed by atoms with Gasteiger partial charge in [-0.2, -0.15) is 5.10 Å². The molecule has 1 saturated heterocycles. The van der Waals surface area contributed by atoms with Gasteiger partial charge in [0.1, 0.15) is 11.3 Å². The second kappa shape index (κ2) is 4.45. The van der Waals surface area contributed by atoms with Crippen LogP contribution in [-0.2, 0) is 6.54 Å². The van der Waals surface area contributed by atoms with E-state index in [0.717, 1.165) is 25.0 Å². The summed E-state index contributed by atoms with van der Waals surface area (Å²) in [4.78, 5) is 0. The molecule has 1 unspecified atom stereocenters. The van der Waals surface area contributed by atoms with Gasteiger partial charge in [0, 0.05) is 11.9 Å². The maximum Gasteiger partial charge on any atom is 0.149 e. The van der Waals surface area contributed by atoms with E-state index in [0.29, 0.717) is 11.4 Å². The van der Waals surface area contributed by atoms with Crippen LogP contribution in [0.5, 0.6) is 0 Å². The maximum atomic E-state index is 13.8. The van der Waals surface area contributed by atoms with Crippen molar-refractivity contribution in [3.05, 3.63) is 30.2 Å². The number of benzene rings is 1. The highest BCUT2D eigenvalue weighted by molar-refractivity contribution is 5.79. The van der Waals surface area contributed by atoms with Gasteiger partial charge in [-0.1, -0.05) is 12.1 Å². The molecule has 0 radical (unpaired) electrons. The van der Waals surface area contributed by atoms with Crippen molar-refractivity contribution in [1.29, 1.82) is 0 Å². The van der Waals surface area contributed by atoms with E-state index in [9.17, 15) is 4.39 Å². The normalized spacial score (nSPS) is 20.9. The highest BCUT2D eigenvalue weighted by atomic mass is 19.1. The van der Waals surface area contributed by atoms with Crippen molar-refractivity contribution < 1.29 is 4.39 Å². The number of piperidine rings is 1. The summed E-state index contributed by atoms with van der Waals surface area (Å²) in [7, 11) is 0. The summed E-state index contributed by atoms with van der Waals surface area (Å²) in [6, 6.07) is 5.13. The molecule has 1 atom stereocenters. The van der Waals surface area contributed by atoms with Crippen molar-refractivity contribution in [3.63, 3.8) is 0 Å². The van der Waals surface area contributed by atoms with Gasteiger partial charge in [-0.15, -0.1) is 0 Å². The van der Waals surface area contributed by atoms with Crippen LogP contribution in [0.1, 0.15) is 12.8 Å². The minimum atomic E-state index is -0.177. The molecule has 0 bridgehead atoms. The zero-order valence-corrected chi connectivity index (χ0v) is 9.69. The second-order valence-corrected chi connectivity index (χ2v) is 4.72. The minimum absolute atomic E-state index is 0.177. The van der Waals surface area contributed by atoms with Crippen molar-refractivity contribution in [2.24, 2.45) is 5.92 Å². The summed E-state index contributed by atoms with van der Waals surface area (Å²) < 4.78 is 15.6. The van der Waals surface area contributed by atoms with Crippen molar-refractivity contribution in [1.82, 2.24) is 15.1 Å². The maximum absolute atomic E-state index is 13.8. The number of hydrogen-bond donors (Lipinski definition) is 1. The van der Waals surface area contributed by atoms with E-state index in [-0.39, 0.29) is 5.82 Å². The van der Waals surface area contributed by atoms with Crippen LogP contribution in [0.3, 0.4) is 0 Å². The van der Waals surface area contributed by atoms with Crippen LogP contribution < -0.4 is 5.32 Å². The fourth-order valence-electron chi connectivity index (χ4n) is 2.56. The molecule has 4 heteroatoms. The average Bonchev–Trinajstić information content (AvgIpc) is 2.75. The van der Waals surface area contributed by atoms with Crippen molar-refractivity contribution >= 4 is 10.9 Å². The zero-order chi connectivity index (χ0) is 11.7. The molecule has 1 aromatic carbocycles. The van der Waals surface area contributed by atoms with E-state index in [2.05, 4.69) is 10.4 Å². The van der Waals surface area contributed by atoms with Crippen LogP contribution >= 0.6 is 0 Å². The Morgan fingerprint density at radius 1 is 1.47 bits per heavy atom. The molecular formula is C13H16FN3. The number of rotatable bonds is 2. The third-order valence-electron chi connectivity index (χ3n) is 3.44. The second-order valence-electron chi connectivity index (χ2n) is 4.72. The largest absolute Gasteiger partial charge is 0.316 e. The summed E-state index contributed by atoms with van der Waals surface area (Å²) in [5.41, 5.74) is 0.637. The smallest absolute Gasteiger partial charge is 0.149 e. The van der Waals surface area contributed by atoms with Gasteiger partial charge in [0.2, 0.25) is 0 Å². The SMILES string of the molecule is Fc1cccc2cnn(CC3CCCNC3)c12. The summed E-state index contributed by atoms with van der Waals surface area (Å²) in [6.45, 7) is 2.91. The van der Waals surface area contributed by atoms with Crippen LogP contribution in [0.25, 0.3) is 10.9 Å². The van der Waals surface area contributed by atoms with Gasteiger partial charge in [-0.25, -0.2) is 4.39 Å². The summed E-state index contributed by atoms with van der Waals surface area (Å²) in [6.07, 6.45) is 4.14.